The van der Waals surface area contributed by atoms with Crippen molar-refractivity contribution in [3.05, 3.63) is 11.5 Å². The molecule has 1 aliphatic rings. The van der Waals surface area contributed by atoms with Gasteiger partial charge in [-0.25, -0.2) is 0 Å². The van der Waals surface area contributed by atoms with Crippen LogP contribution in [-0.2, 0) is 0 Å². The van der Waals surface area contributed by atoms with Gasteiger partial charge in [0.25, 0.3) is 0 Å². The molecule has 1 aliphatic heterocycles. The zero-order chi connectivity index (χ0) is 7.72. The van der Waals surface area contributed by atoms with Crippen LogP contribution in [0, 0.1) is 0 Å². The van der Waals surface area contributed by atoms with Gasteiger partial charge in [-0.3, -0.25) is 4.99 Å². The Kier molecular flexibility index (Phi) is 2.04. The largest absolute Gasteiger partial charge is 0.347 e. The molecular formula is C7H12N2S. The maximum absolute atomic E-state index is 4.11. The highest BCUT2D eigenvalue weighted by atomic mass is 32.2. The van der Waals surface area contributed by atoms with Crippen LogP contribution in [0.3, 0.4) is 0 Å². The molecule has 0 saturated carbocycles. The summed E-state index contributed by atoms with van der Waals surface area (Å²) in [5.41, 5.74) is 0. The molecule has 1 saturated heterocycles. The van der Waals surface area contributed by atoms with Crippen LogP contribution in [0.1, 0.15) is 6.92 Å². The lowest BCUT2D eigenvalue weighted by Crippen LogP contribution is -2.26. The summed E-state index contributed by atoms with van der Waals surface area (Å²) in [5, 5.41) is 1.07. The van der Waals surface area contributed by atoms with E-state index in [4.69, 9.17) is 0 Å². The van der Waals surface area contributed by atoms with E-state index < -0.39 is 0 Å². The van der Waals surface area contributed by atoms with Crippen molar-refractivity contribution >= 4 is 16.9 Å². The van der Waals surface area contributed by atoms with Crippen LogP contribution in [-0.4, -0.2) is 30.2 Å². The molecule has 0 N–H and O–H groups in total. The van der Waals surface area contributed by atoms with Crippen molar-refractivity contribution in [2.24, 2.45) is 4.99 Å². The molecule has 0 spiro atoms. The lowest BCUT2D eigenvalue weighted by atomic mass is 10.3. The van der Waals surface area contributed by atoms with Crippen molar-refractivity contribution in [2.75, 3.05) is 14.1 Å². The highest BCUT2D eigenvalue weighted by Gasteiger charge is 2.25. The number of hydrogen-bond acceptors (Lipinski definition) is 2. The van der Waals surface area contributed by atoms with E-state index >= 15 is 0 Å². The van der Waals surface area contributed by atoms with E-state index in [9.17, 15) is 0 Å². The van der Waals surface area contributed by atoms with Crippen LogP contribution < -0.4 is 0 Å². The standard InChI is InChI=1S/C7H12N2S/c1-5-6(2)10-7(8-3)9(5)4/h5H,2H2,1,3-4H3. The number of likely N-dealkylation sites (N-methyl/N-ethyl adjacent to an activating group) is 1. The fourth-order valence-corrected chi connectivity index (χ4v) is 1.82. The monoisotopic (exact) mass is 156 g/mol. The summed E-state index contributed by atoms with van der Waals surface area (Å²) < 4.78 is 0. The van der Waals surface area contributed by atoms with Gasteiger partial charge >= 0.3 is 0 Å². The van der Waals surface area contributed by atoms with Crippen LogP contribution >= 0.6 is 11.8 Å². The molecule has 56 valence electrons. The summed E-state index contributed by atoms with van der Waals surface area (Å²) in [7, 11) is 3.85. The molecule has 0 bridgehead atoms. The summed E-state index contributed by atoms with van der Waals surface area (Å²) >= 11 is 1.66. The van der Waals surface area contributed by atoms with E-state index in [1.165, 1.54) is 4.91 Å². The van der Waals surface area contributed by atoms with Crippen LogP contribution in [0.25, 0.3) is 0 Å². The number of rotatable bonds is 0. The number of thioether (sulfide) groups is 1. The van der Waals surface area contributed by atoms with Gasteiger partial charge in [-0.15, -0.1) is 0 Å². The number of nitrogens with zero attached hydrogens (tertiary/aromatic N) is 2. The average Bonchev–Trinajstić information content (AvgIpc) is 2.17. The summed E-state index contributed by atoms with van der Waals surface area (Å²) in [6.07, 6.45) is 0. The Hall–Kier alpha value is -0.440. The topological polar surface area (TPSA) is 15.6 Å². The fraction of sp³-hybridized carbons (Fsp3) is 0.571. The van der Waals surface area contributed by atoms with E-state index in [2.05, 4.69) is 23.4 Å². The van der Waals surface area contributed by atoms with Gasteiger partial charge in [-0.1, -0.05) is 18.3 Å². The second-order valence-electron chi connectivity index (χ2n) is 2.36. The minimum Gasteiger partial charge on any atom is -0.347 e. The quantitative estimate of drug-likeness (QED) is 0.529. The first-order valence-electron chi connectivity index (χ1n) is 3.23. The number of hydrogen-bond donors (Lipinski definition) is 0. The Morgan fingerprint density at radius 2 is 2.30 bits per heavy atom. The minimum absolute atomic E-state index is 0.434. The van der Waals surface area contributed by atoms with Gasteiger partial charge in [-0.05, 0) is 6.92 Å². The van der Waals surface area contributed by atoms with E-state index in [0.717, 1.165) is 5.17 Å². The third-order valence-electron chi connectivity index (χ3n) is 1.76. The molecule has 0 aromatic rings. The Balaban J connectivity index is 2.81. The van der Waals surface area contributed by atoms with Crippen LogP contribution in [0.2, 0.25) is 0 Å². The minimum atomic E-state index is 0.434. The molecule has 0 amide bonds. The molecule has 1 atom stereocenters. The summed E-state index contributed by atoms with van der Waals surface area (Å²) in [6, 6.07) is 0.434. The first-order valence-corrected chi connectivity index (χ1v) is 4.04. The van der Waals surface area contributed by atoms with E-state index in [1.807, 2.05) is 14.1 Å². The molecule has 0 aliphatic carbocycles. The van der Waals surface area contributed by atoms with Gasteiger partial charge in [-0.2, -0.15) is 0 Å². The fourth-order valence-electron chi connectivity index (χ4n) is 0.860. The van der Waals surface area contributed by atoms with Crippen LogP contribution in [0.15, 0.2) is 16.5 Å². The van der Waals surface area contributed by atoms with E-state index in [0.29, 0.717) is 6.04 Å². The Morgan fingerprint density at radius 1 is 1.70 bits per heavy atom. The van der Waals surface area contributed by atoms with Gasteiger partial charge in [0.1, 0.15) is 0 Å². The molecule has 10 heavy (non-hydrogen) atoms. The normalized spacial score (nSPS) is 30.3. The van der Waals surface area contributed by atoms with Gasteiger partial charge in [0, 0.05) is 19.0 Å². The first kappa shape index (κ1) is 7.66. The van der Waals surface area contributed by atoms with E-state index in [1.54, 1.807) is 11.8 Å². The van der Waals surface area contributed by atoms with E-state index in [-0.39, 0.29) is 0 Å². The predicted molar refractivity (Wildman–Crippen MR) is 47.3 cm³/mol. The molecule has 1 rings (SSSR count). The smallest absolute Gasteiger partial charge is 0.163 e. The van der Waals surface area contributed by atoms with Gasteiger partial charge < -0.3 is 4.90 Å². The molecule has 1 fully saturated rings. The lowest BCUT2D eigenvalue weighted by Gasteiger charge is -2.15. The van der Waals surface area contributed by atoms with Crippen molar-refractivity contribution in [1.29, 1.82) is 0 Å². The average molecular weight is 156 g/mol. The highest BCUT2D eigenvalue weighted by molar-refractivity contribution is 8.17. The Morgan fingerprint density at radius 3 is 2.50 bits per heavy atom. The van der Waals surface area contributed by atoms with Crippen molar-refractivity contribution in [3.63, 3.8) is 0 Å². The molecule has 1 unspecified atom stereocenters. The zero-order valence-electron chi connectivity index (χ0n) is 6.59. The molecule has 1 heterocycles. The summed E-state index contributed by atoms with van der Waals surface area (Å²) in [5.74, 6) is 0. The second-order valence-corrected chi connectivity index (χ2v) is 3.46. The third kappa shape index (κ3) is 1.06. The first-order chi connectivity index (χ1) is 4.66. The van der Waals surface area contributed by atoms with Gasteiger partial charge in [0.2, 0.25) is 0 Å². The zero-order valence-corrected chi connectivity index (χ0v) is 7.40. The van der Waals surface area contributed by atoms with Crippen LogP contribution in [0.5, 0.6) is 0 Å². The SMILES string of the molecule is C=C1SC(=NC)N(C)C1C. The maximum Gasteiger partial charge on any atom is 0.163 e. The van der Waals surface area contributed by atoms with Crippen molar-refractivity contribution < 1.29 is 0 Å². The molecule has 0 aromatic carbocycles. The van der Waals surface area contributed by atoms with Crippen LogP contribution in [0.4, 0.5) is 0 Å². The maximum atomic E-state index is 4.11. The molecule has 0 aromatic heterocycles. The number of amidine groups is 1. The van der Waals surface area contributed by atoms with Crippen molar-refractivity contribution in [2.45, 2.75) is 13.0 Å². The molecular weight excluding hydrogens is 144 g/mol. The summed E-state index contributed by atoms with van der Waals surface area (Å²) in [4.78, 5) is 7.43. The Bertz CT molecular complexity index is 186. The molecule has 3 heteroatoms. The Labute approximate surface area is 66.0 Å². The van der Waals surface area contributed by atoms with Crippen molar-refractivity contribution in [1.82, 2.24) is 4.90 Å². The molecule has 2 nitrogen and oxygen atoms in total. The second kappa shape index (κ2) is 2.66. The highest BCUT2D eigenvalue weighted by Crippen LogP contribution is 2.31. The lowest BCUT2D eigenvalue weighted by molar-refractivity contribution is 0.466. The van der Waals surface area contributed by atoms with Gasteiger partial charge in [0.15, 0.2) is 5.17 Å². The van der Waals surface area contributed by atoms with Crippen molar-refractivity contribution in [3.8, 4) is 0 Å². The third-order valence-corrected chi connectivity index (χ3v) is 3.02. The molecule has 0 radical (unpaired) electrons. The number of aliphatic imine (C=N–C) groups is 1. The van der Waals surface area contributed by atoms with Gasteiger partial charge in [0.05, 0.1) is 6.04 Å². The summed E-state index contributed by atoms with van der Waals surface area (Å²) in [6.45, 7) is 6.06. The predicted octanol–water partition coefficient (Wildman–Crippen LogP) is 1.55.